The molecular formula is C135H97N3. The van der Waals surface area contributed by atoms with Gasteiger partial charge in [-0.15, -0.1) is 0 Å². The number of fused-ring (bicyclic) bond motifs is 15. The molecule has 20 aromatic carbocycles. The number of nitrogens with zero attached hydrogens (tertiary/aromatic N) is 3. The predicted molar refractivity (Wildman–Crippen MR) is 586 cm³/mol. The molecule has 652 valence electrons. The molecule has 0 fully saturated rings. The summed E-state index contributed by atoms with van der Waals surface area (Å²) in [6.45, 7) is 0. The lowest BCUT2D eigenvalue weighted by Gasteiger charge is -2.23. The number of aryl methyl sites for hydroxylation is 5. The van der Waals surface area contributed by atoms with Gasteiger partial charge in [-0.25, -0.2) is 0 Å². The zero-order chi connectivity index (χ0) is 91.4. The van der Waals surface area contributed by atoms with Crippen LogP contribution in [0.3, 0.4) is 0 Å². The standard InChI is InChI=1S/C40H28.C33H25N.C33H23N.C29H21N/c1-3-15-31-27(11-1)13-9-21-32(31)29-23-25-30(26-24-29)39-35-17-5-7-19-37(35)40(38-20-8-6-18-36(38)39)34-22-10-14-28-12-2-4-16-33(28)34;1-3-13-24-22(10-1)12-9-18-25(24)32-26-14-4-6-16-28(26)33(29-17-7-5-15-27(29)32)31-21-20-23-11-2-8-19-30(23)34-31;1-2-12-23-22(10-1)11-9-18-25(23)32-26-14-3-5-16-28(26)33(29-17-6-4-15-27(29)32)30-20-21-34-31-19-8-7-13-24(30)31;1-2-10-22-20(8-1)9-7-15-23(22)29-26-13-5-3-11-24(26)28(21-16-18-30-19-17-21)25-12-4-6-14-27(25)29/h1-9,11-13,15-26H,10,14H2;1-7,10-11,13-18,20-21H,8-9,12,19H2;1-8,10,12-21H,9,11H2;1-6,8,10-19H,7,9H2. The second-order valence-electron chi connectivity index (χ2n) is 37.0. The number of aromatic nitrogens is 3. The van der Waals surface area contributed by atoms with Crippen LogP contribution in [-0.2, 0) is 32.1 Å². The average Bonchev–Trinajstić information content (AvgIpc) is 0.734. The van der Waals surface area contributed by atoms with Gasteiger partial charge in [0, 0.05) is 35.2 Å². The third kappa shape index (κ3) is 14.8. The molecule has 138 heavy (non-hydrogen) atoms. The molecule has 0 radical (unpaired) electrons. The van der Waals surface area contributed by atoms with Gasteiger partial charge in [0.15, 0.2) is 0 Å². The summed E-state index contributed by atoms with van der Waals surface area (Å²) in [5, 5.41) is 24.6. The van der Waals surface area contributed by atoms with Crippen LogP contribution in [0.25, 0.3) is 192 Å². The third-order valence-electron chi connectivity index (χ3n) is 29.4. The molecule has 5 aliphatic rings. The molecule has 3 heteroatoms. The summed E-state index contributed by atoms with van der Waals surface area (Å²) in [6, 6.07) is 151. The maximum atomic E-state index is 5.20. The number of pyridine rings is 3. The molecule has 0 aliphatic heterocycles. The van der Waals surface area contributed by atoms with E-state index in [4.69, 9.17) is 4.98 Å². The van der Waals surface area contributed by atoms with Crippen molar-refractivity contribution in [3.05, 3.63) is 540 Å². The van der Waals surface area contributed by atoms with Gasteiger partial charge in [-0.2, -0.15) is 0 Å². The highest BCUT2D eigenvalue weighted by atomic mass is 14.7. The lowest BCUT2D eigenvalue weighted by molar-refractivity contribution is 0.930. The number of allylic oxidation sites excluding steroid dienone is 5. The van der Waals surface area contributed by atoms with Crippen LogP contribution in [0.4, 0.5) is 0 Å². The Balaban J connectivity index is 0.0000000980. The van der Waals surface area contributed by atoms with Gasteiger partial charge in [-0.3, -0.25) is 15.0 Å². The SMILES string of the molecule is C1=C(c2c3ccccc3c(-c3ccc(-c4cccc5ccccc45)cc3)c3ccccc23)c2ccccc2CC1.C1=C(c2c3ccccc3c(-c3ccnc4ccccc34)c3ccccc23)c2ccccc2CC1.C1=C(c2c3ccccc3c(-c3ccncc3)c3ccccc23)c2ccccc2CC1.C1=Cc2ccc(-c3c4ccccc4c(C4=CCCc5ccccc54)c4ccccc34)nc2CC1. The van der Waals surface area contributed by atoms with Crippen molar-refractivity contribution < 1.29 is 0 Å². The Morgan fingerprint density at radius 2 is 0.500 bits per heavy atom. The Labute approximate surface area is 804 Å². The first-order valence-electron chi connectivity index (χ1n) is 49.0. The van der Waals surface area contributed by atoms with E-state index in [2.05, 4.69) is 459 Å². The van der Waals surface area contributed by atoms with Gasteiger partial charge >= 0.3 is 0 Å². The zero-order valence-electron chi connectivity index (χ0n) is 76.9. The molecule has 0 saturated carbocycles. The van der Waals surface area contributed by atoms with E-state index in [1.807, 2.05) is 18.6 Å². The second kappa shape index (κ2) is 36.2. The first-order chi connectivity index (χ1) is 68.6. The maximum Gasteiger partial charge on any atom is 0.0718 e. The van der Waals surface area contributed by atoms with Crippen LogP contribution in [0.5, 0.6) is 0 Å². The number of benzene rings is 20. The average molecular weight is 1760 g/mol. The largest absolute Gasteiger partial charge is 0.265 e. The molecule has 0 spiro atoms. The highest BCUT2D eigenvalue weighted by molar-refractivity contribution is 6.26. The van der Waals surface area contributed by atoms with Gasteiger partial charge in [0.1, 0.15) is 0 Å². The topological polar surface area (TPSA) is 38.7 Å². The van der Waals surface area contributed by atoms with Gasteiger partial charge in [-0.05, 0) is 331 Å². The zero-order valence-corrected chi connectivity index (χ0v) is 76.9. The minimum atomic E-state index is 1.01. The lowest BCUT2D eigenvalue weighted by Crippen LogP contribution is -2.03. The highest BCUT2D eigenvalue weighted by Crippen LogP contribution is 2.52. The fourth-order valence-electron chi connectivity index (χ4n) is 23.3. The number of hydrogen-bond donors (Lipinski definition) is 0. The first kappa shape index (κ1) is 83.0. The molecule has 0 amide bonds. The van der Waals surface area contributed by atoms with Gasteiger partial charge in [0.25, 0.3) is 0 Å². The van der Waals surface area contributed by atoms with Gasteiger partial charge in [0.05, 0.1) is 11.2 Å². The van der Waals surface area contributed by atoms with Crippen LogP contribution in [0.15, 0.2) is 461 Å². The van der Waals surface area contributed by atoms with Crippen LogP contribution >= 0.6 is 0 Å². The molecule has 0 saturated heterocycles. The summed E-state index contributed by atoms with van der Waals surface area (Å²) in [4.78, 5) is 14.1. The molecule has 3 aromatic heterocycles. The molecule has 23 aromatic rings. The van der Waals surface area contributed by atoms with Crippen LogP contribution in [0, 0.1) is 0 Å². The Morgan fingerprint density at radius 1 is 0.188 bits per heavy atom. The molecule has 5 aliphatic carbocycles. The number of para-hydroxylation sites is 1. The maximum absolute atomic E-state index is 5.20. The molecule has 0 atom stereocenters. The summed E-state index contributed by atoms with van der Waals surface area (Å²) in [5.74, 6) is 0. The van der Waals surface area contributed by atoms with Crippen LogP contribution in [0.2, 0.25) is 0 Å². The first-order valence-corrected chi connectivity index (χ1v) is 49.0. The monoisotopic (exact) mass is 1760 g/mol. The fraction of sp³-hybridized carbons (Fsp3) is 0.0741. The van der Waals surface area contributed by atoms with Gasteiger partial charge in [0.2, 0.25) is 0 Å². The van der Waals surface area contributed by atoms with Gasteiger partial charge < -0.3 is 0 Å². The van der Waals surface area contributed by atoms with Crippen LogP contribution in [-0.4, -0.2) is 15.0 Å². The van der Waals surface area contributed by atoms with Gasteiger partial charge in [-0.1, -0.05) is 419 Å². The summed E-state index contributed by atoms with van der Waals surface area (Å²) in [7, 11) is 0. The minimum absolute atomic E-state index is 1.01. The van der Waals surface area contributed by atoms with Crippen LogP contribution < -0.4 is 0 Å². The normalized spacial score (nSPS) is 13.5. The highest BCUT2D eigenvalue weighted by Gasteiger charge is 2.29. The quantitative estimate of drug-likeness (QED) is 0.135. The molecule has 0 unspecified atom stereocenters. The van der Waals surface area contributed by atoms with Crippen molar-refractivity contribution in [3.8, 4) is 55.8 Å². The van der Waals surface area contributed by atoms with E-state index in [9.17, 15) is 0 Å². The molecule has 28 rings (SSSR count). The Kier molecular flexibility index (Phi) is 21.8. The molecule has 0 bridgehead atoms. The Morgan fingerprint density at radius 3 is 0.906 bits per heavy atom. The van der Waals surface area contributed by atoms with E-state index in [-0.39, 0.29) is 0 Å². The summed E-state index contributed by atoms with van der Waals surface area (Å²) in [5.41, 5.74) is 38.0. The van der Waals surface area contributed by atoms with E-state index in [1.165, 1.54) is 253 Å². The van der Waals surface area contributed by atoms with Crippen molar-refractivity contribution in [1.29, 1.82) is 0 Å². The fourth-order valence-corrected chi connectivity index (χ4v) is 23.3. The smallest absolute Gasteiger partial charge is 0.0718 e. The van der Waals surface area contributed by atoms with Crippen molar-refractivity contribution in [3.63, 3.8) is 0 Å². The van der Waals surface area contributed by atoms with E-state index >= 15 is 0 Å². The van der Waals surface area contributed by atoms with Crippen molar-refractivity contribution in [1.82, 2.24) is 15.0 Å². The molecular weight excluding hydrogens is 1660 g/mol. The van der Waals surface area contributed by atoms with E-state index in [0.29, 0.717) is 0 Å². The Bertz CT molecular complexity index is 8770. The second-order valence-corrected chi connectivity index (χ2v) is 37.0. The molecule has 3 heterocycles. The van der Waals surface area contributed by atoms with E-state index in [1.54, 1.807) is 0 Å². The predicted octanol–water partition coefficient (Wildman–Crippen LogP) is 35.3. The molecule has 0 N–H and O–H groups in total. The van der Waals surface area contributed by atoms with Crippen molar-refractivity contribution in [2.24, 2.45) is 0 Å². The number of hydrogen-bond acceptors (Lipinski definition) is 3. The Hall–Kier alpha value is -16.9. The van der Waals surface area contributed by atoms with Crippen molar-refractivity contribution in [2.45, 2.75) is 64.2 Å². The van der Waals surface area contributed by atoms with Crippen molar-refractivity contribution in [2.75, 3.05) is 0 Å². The number of rotatable bonds is 9. The summed E-state index contributed by atoms with van der Waals surface area (Å²) >= 11 is 0. The van der Waals surface area contributed by atoms with Crippen LogP contribution in [0.1, 0.15) is 110 Å². The lowest BCUT2D eigenvalue weighted by atomic mass is 9.80. The third-order valence-corrected chi connectivity index (χ3v) is 29.4. The minimum Gasteiger partial charge on any atom is -0.265 e. The van der Waals surface area contributed by atoms with E-state index < -0.39 is 0 Å². The van der Waals surface area contributed by atoms with E-state index in [0.717, 1.165) is 75.4 Å². The summed E-state index contributed by atoms with van der Waals surface area (Å²) < 4.78 is 0. The molecule has 3 nitrogen and oxygen atoms in total. The van der Waals surface area contributed by atoms with Crippen molar-refractivity contribution >= 4 is 136 Å². The summed E-state index contributed by atoms with van der Waals surface area (Å²) in [6.07, 6.45) is 30.8.